The molecule has 3 aromatic rings. The molecule has 2 amide bonds. The molecule has 3 rings (SSSR count). The molecule has 29 heavy (non-hydrogen) atoms. The number of aryl methyl sites for hydroxylation is 2. The molecule has 4 heteroatoms. The zero-order chi connectivity index (χ0) is 20.5. The highest BCUT2D eigenvalue weighted by Crippen LogP contribution is 2.20. The molecule has 0 aromatic heterocycles. The minimum absolute atomic E-state index is 0.103. The van der Waals surface area contributed by atoms with Crippen LogP contribution in [0.15, 0.2) is 78.9 Å². The summed E-state index contributed by atoms with van der Waals surface area (Å²) in [5.41, 5.74) is 4.16. The van der Waals surface area contributed by atoms with Crippen LogP contribution in [0.2, 0.25) is 5.02 Å². The number of anilines is 1. The third-order valence-electron chi connectivity index (χ3n) is 4.91. The first-order valence-electron chi connectivity index (χ1n) is 10.0. The van der Waals surface area contributed by atoms with Gasteiger partial charge in [0.2, 0.25) is 0 Å². The lowest BCUT2D eigenvalue weighted by Crippen LogP contribution is -2.35. The Bertz CT molecular complexity index is 913. The lowest BCUT2D eigenvalue weighted by atomic mass is 10.1. The number of nitrogens with one attached hydrogen (secondary N) is 1. The van der Waals surface area contributed by atoms with Gasteiger partial charge in [-0.25, -0.2) is 4.79 Å². The van der Waals surface area contributed by atoms with E-state index < -0.39 is 0 Å². The van der Waals surface area contributed by atoms with Crippen molar-refractivity contribution in [1.29, 1.82) is 0 Å². The van der Waals surface area contributed by atoms with Gasteiger partial charge < -0.3 is 10.2 Å². The predicted molar refractivity (Wildman–Crippen MR) is 121 cm³/mol. The van der Waals surface area contributed by atoms with E-state index in [1.807, 2.05) is 60.4 Å². The van der Waals surface area contributed by atoms with Gasteiger partial charge in [0.1, 0.15) is 0 Å². The molecule has 0 radical (unpaired) electrons. The Labute approximate surface area is 178 Å². The van der Waals surface area contributed by atoms with Crippen molar-refractivity contribution in [3.05, 3.63) is 101 Å². The van der Waals surface area contributed by atoms with Gasteiger partial charge in [0, 0.05) is 23.8 Å². The van der Waals surface area contributed by atoms with Crippen LogP contribution in [-0.4, -0.2) is 17.5 Å². The van der Waals surface area contributed by atoms with Gasteiger partial charge in [-0.3, -0.25) is 0 Å². The largest absolute Gasteiger partial charge is 0.322 e. The Balaban J connectivity index is 1.61. The summed E-state index contributed by atoms with van der Waals surface area (Å²) in [6.45, 7) is 3.23. The second-order valence-electron chi connectivity index (χ2n) is 7.24. The lowest BCUT2D eigenvalue weighted by Gasteiger charge is -2.23. The number of nitrogens with zero attached hydrogens (tertiary/aromatic N) is 1. The quantitative estimate of drug-likeness (QED) is 0.414. The van der Waals surface area contributed by atoms with Crippen LogP contribution in [-0.2, 0) is 13.0 Å². The molecule has 1 N–H and O–H groups in total. The highest BCUT2D eigenvalue weighted by atomic mass is 35.5. The summed E-state index contributed by atoms with van der Waals surface area (Å²) in [6.07, 6.45) is 3.01. The van der Waals surface area contributed by atoms with Crippen molar-refractivity contribution in [1.82, 2.24) is 4.90 Å². The van der Waals surface area contributed by atoms with Gasteiger partial charge in [0.05, 0.1) is 0 Å². The van der Waals surface area contributed by atoms with E-state index in [1.165, 1.54) is 5.56 Å². The number of carbonyl (C=O) groups excluding carboxylic acids is 1. The first kappa shape index (κ1) is 20.9. The van der Waals surface area contributed by atoms with Crippen LogP contribution >= 0.6 is 11.6 Å². The maximum atomic E-state index is 12.9. The molecule has 0 spiro atoms. The summed E-state index contributed by atoms with van der Waals surface area (Å²) in [5, 5.41) is 3.64. The number of carbonyl (C=O) groups is 1. The molecule has 0 bridgehead atoms. The van der Waals surface area contributed by atoms with Crippen LogP contribution in [0.5, 0.6) is 0 Å². The van der Waals surface area contributed by atoms with Crippen molar-refractivity contribution in [3.63, 3.8) is 0 Å². The minimum atomic E-state index is -0.103. The zero-order valence-corrected chi connectivity index (χ0v) is 17.5. The highest BCUT2D eigenvalue weighted by molar-refractivity contribution is 6.31. The maximum Gasteiger partial charge on any atom is 0.322 e. The van der Waals surface area contributed by atoms with E-state index in [0.717, 1.165) is 30.4 Å². The minimum Gasteiger partial charge on any atom is -0.320 e. The molecule has 0 unspecified atom stereocenters. The number of benzene rings is 3. The van der Waals surface area contributed by atoms with Gasteiger partial charge in [0.15, 0.2) is 0 Å². The standard InChI is InChI=1S/C25H27ClN2O/c1-20-15-16-23(18-24(20)26)27-25(29)28(19-22-13-6-3-7-14-22)17-9-8-12-21-10-4-2-5-11-21/h2-7,10-11,13-16,18H,8-9,12,17,19H2,1H3,(H,27,29). The fraction of sp³-hybridized carbons (Fsp3) is 0.240. The average molecular weight is 407 g/mol. The molecule has 0 aliphatic carbocycles. The Morgan fingerprint density at radius 3 is 2.21 bits per heavy atom. The SMILES string of the molecule is Cc1ccc(NC(=O)N(CCCCc2ccccc2)Cc2ccccc2)cc1Cl. The van der Waals surface area contributed by atoms with E-state index in [2.05, 4.69) is 29.6 Å². The van der Waals surface area contributed by atoms with E-state index in [0.29, 0.717) is 23.8 Å². The van der Waals surface area contributed by atoms with Crippen LogP contribution in [0, 0.1) is 6.92 Å². The van der Waals surface area contributed by atoms with Crippen molar-refractivity contribution in [2.24, 2.45) is 0 Å². The monoisotopic (exact) mass is 406 g/mol. The average Bonchev–Trinajstić information content (AvgIpc) is 2.74. The second kappa shape index (κ2) is 10.7. The molecule has 150 valence electrons. The molecule has 3 nitrogen and oxygen atoms in total. The summed E-state index contributed by atoms with van der Waals surface area (Å²) < 4.78 is 0. The predicted octanol–water partition coefficient (Wildman–Crippen LogP) is 6.71. The van der Waals surface area contributed by atoms with Crippen LogP contribution in [0.4, 0.5) is 10.5 Å². The Morgan fingerprint density at radius 2 is 1.55 bits per heavy atom. The van der Waals surface area contributed by atoms with Gasteiger partial charge in [0.25, 0.3) is 0 Å². The van der Waals surface area contributed by atoms with Gasteiger partial charge >= 0.3 is 6.03 Å². The smallest absolute Gasteiger partial charge is 0.320 e. The topological polar surface area (TPSA) is 32.3 Å². The first-order chi connectivity index (χ1) is 14.1. The third kappa shape index (κ3) is 6.65. The molecule has 3 aromatic carbocycles. The lowest BCUT2D eigenvalue weighted by molar-refractivity contribution is 0.208. The van der Waals surface area contributed by atoms with E-state index >= 15 is 0 Å². The van der Waals surface area contributed by atoms with Crippen molar-refractivity contribution in [2.75, 3.05) is 11.9 Å². The molecule has 0 saturated carbocycles. The molecule has 0 aliphatic rings. The van der Waals surface area contributed by atoms with Gasteiger partial charge in [-0.05, 0) is 55.0 Å². The first-order valence-corrected chi connectivity index (χ1v) is 10.4. The fourth-order valence-electron chi connectivity index (χ4n) is 3.21. The Kier molecular flexibility index (Phi) is 7.71. The van der Waals surface area contributed by atoms with Gasteiger partial charge in [-0.15, -0.1) is 0 Å². The molecule has 0 heterocycles. The molecule has 0 aliphatic heterocycles. The molecule has 0 fully saturated rings. The zero-order valence-electron chi connectivity index (χ0n) is 16.8. The van der Waals surface area contributed by atoms with E-state index in [9.17, 15) is 4.79 Å². The van der Waals surface area contributed by atoms with Gasteiger partial charge in [-0.2, -0.15) is 0 Å². The van der Waals surface area contributed by atoms with Crippen molar-refractivity contribution in [2.45, 2.75) is 32.7 Å². The normalized spacial score (nSPS) is 10.6. The number of amides is 2. The van der Waals surface area contributed by atoms with Crippen LogP contribution < -0.4 is 5.32 Å². The molecular weight excluding hydrogens is 380 g/mol. The van der Waals surface area contributed by atoms with E-state index in [1.54, 1.807) is 6.07 Å². The van der Waals surface area contributed by atoms with Crippen LogP contribution in [0.3, 0.4) is 0 Å². The molecule has 0 atom stereocenters. The molecular formula is C25H27ClN2O. The second-order valence-corrected chi connectivity index (χ2v) is 7.65. The number of unbranched alkanes of at least 4 members (excludes halogenated alkanes) is 1. The highest BCUT2D eigenvalue weighted by Gasteiger charge is 2.14. The van der Waals surface area contributed by atoms with Crippen LogP contribution in [0.25, 0.3) is 0 Å². The fourth-order valence-corrected chi connectivity index (χ4v) is 3.39. The number of urea groups is 1. The third-order valence-corrected chi connectivity index (χ3v) is 5.32. The van der Waals surface area contributed by atoms with Crippen molar-refractivity contribution >= 4 is 23.3 Å². The maximum absolute atomic E-state index is 12.9. The Morgan fingerprint density at radius 1 is 0.897 bits per heavy atom. The summed E-state index contributed by atoms with van der Waals surface area (Å²) in [5.74, 6) is 0. The van der Waals surface area contributed by atoms with Gasteiger partial charge in [-0.1, -0.05) is 78.3 Å². The summed E-state index contributed by atoms with van der Waals surface area (Å²) in [6, 6.07) is 26.0. The summed E-state index contributed by atoms with van der Waals surface area (Å²) in [7, 11) is 0. The Hall–Kier alpha value is -2.78. The summed E-state index contributed by atoms with van der Waals surface area (Å²) >= 11 is 6.20. The van der Waals surface area contributed by atoms with E-state index in [4.69, 9.17) is 11.6 Å². The summed E-state index contributed by atoms with van der Waals surface area (Å²) in [4.78, 5) is 14.8. The van der Waals surface area contributed by atoms with Crippen molar-refractivity contribution < 1.29 is 4.79 Å². The number of halogens is 1. The number of hydrogen-bond donors (Lipinski definition) is 1. The molecule has 0 saturated heterocycles. The number of hydrogen-bond acceptors (Lipinski definition) is 1. The number of rotatable bonds is 8. The van der Waals surface area contributed by atoms with Crippen molar-refractivity contribution in [3.8, 4) is 0 Å². The van der Waals surface area contributed by atoms with Crippen LogP contribution in [0.1, 0.15) is 29.5 Å². The van der Waals surface area contributed by atoms with E-state index in [-0.39, 0.29) is 6.03 Å².